The number of para-hydroxylation sites is 1. The number of aromatic nitrogens is 2. The molecule has 0 saturated heterocycles. The van der Waals surface area contributed by atoms with Gasteiger partial charge in [0.15, 0.2) is 0 Å². The van der Waals surface area contributed by atoms with Crippen LogP contribution in [0.15, 0.2) is 54.6 Å². The van der Waals surface area contributed by atoms with E-state index in [-0.39, 0.29) is 37.6 Å². The standard InChI is InChI=1S/C37H47N7O6/c1-24-25(2)43-44(26(24)3)20-19-39-35(48)30-23-32(45)42-37(16-9-10-17-37)36(49)41-29(22-27-12-5-4-6-13-27)34(47)38-18-11-21-50-31-15-8-7-14-28(31)33(46)40-30/h4-8,12-15,29-30H,9-11,16-23H2,1-3H3,(H,38,47)(H,39,48)(H,40,46)(H,41,49)(H,42,45)/t29-,30-/m0/s1. The second-order valence-corrected chi connectivity index (χ2v) is 13.1. The summed E-state index contributed by atoms with van der Waals surface area (Å²) >= 11 is 0. The summed E-state index contributed by atoms with van der Waals surface area (Å²) in [4.78, 5) is 68.3. The molecule has 0 radical (unpaired) electrons. The lowest BCUT2D eigenvalue weighted by atomic mass is 9.94. The highest BCUT2D eigenvalue weighted by Gasteiger charge is 2.44. The third-order valence-corrected chi connectivity index (χ3v) is 9.56. The van der Waals surface area contributed by atoms with E-state index in [0.717, 1.165) is 22.5 Å². The summed E-state index contributed by atoms with van der Waals surface area (Å²) in [6.45, 7) is 6.95. The second-order valence-electron chi connectivity index (χ2n) is 13.1. The average molecular weight is 686 g/mol. The van der Waals surface area contributed by atoms with E-state index in [9.17, 15) is 24.0 Å². The lowest BCUT2D eigenvalue weighted by Gasteiger charge is -2.32. The molecule has 1 saturated carbocycles. The Hall–Kier alpha value is -5.20. The maximum atomic E-state index is 14.0. The first-order valence-corrected chi connectivity index (χ1v) is 17.3. The van der Waals surface area contributed by atoms with Crippen LogP contribution in [-0.2, 0) is 32.1 Å². The third-order valence-electron chi connectivity index (χ3n) is 9.56. The lowest BCUT2D eigenvalue weighted by Crippen LogP contribution is -2.62. The molecule has 0 unspecified atom stereocenters. The summed E-state index contributed by atoms with van der Waals surface area (Å²) in [7, 11) is 0. The number of amides is 5. The van der Waals surface area contributed by atoms with E-state index in [1.54, 1.807) is 28.9 Å². The molecule has 5 amide bonds. The molecule has 5 N–H and O–H groups in total. The van der Waals surface area contributed by atoms with E-state index >= 15 is 0 Å². The summed E-state index contributed by atoms with van der Waals surface area (Å²) in [6.07, 6.45) is 2.44. The van der Waals surface area contributed by atoms with Gasteiger partial charge in [0, 0.05) is 25.2 Å². The molecule has 50 heavy (non-hydrogen) atoms. The molecule has 2 aromatic carbocycles. The van der Waals surface area contributed by atoms with Crippen LogP contribution in [0.5, 0.6) is 5.75 Å². The molecule has 266 valence electrons. The zero-order valence-electron chi connectivity index (χ0n) is 29.0. The van der Waals surface area contributed by atoms with Gasteiger partial charge in [-0.25, -0.2) is 0 Å². The van der Waals surface area contributed by atoms with Crippen LogP contribution in [0.3, 0.4) is 0 Å². The number of aryl methyl sites for hydroxylation is 1. The van der Waals surface area contributed by atoms with Crippen LogP contribution in [0.2, 0.25) is 0 Å². The molecule has 2 aliphatic rings. The normalized spacial score (nSPS) is 20.3. The van der Waals surface area contributed by atoms with Crippen molar-refractivity contribution in [2.24, 2.45) is 0 Å². The van der Waals surface area contributed by atoms with Crippen molar-refractivity contribution in [1.29, 1.82) is 0 Å². The first kappa shape index (κ1) is 36.1. The number of hydrogen-bond donors (Lipinski definition) is 5. The number of nitrogens with zero attached hydrogens (tertiary/aromatic N) is 2. The molecule has 2 atom stereocenters. The molecule has 0 bridgehead atoms. The van der Waals surface area contributed by atoms with Crippen LogP contribution >= 0.6 is 0 Å². The first-order valence-electron chi connectivity index (χ1n) is 17.3. The molecule has 1 aromatic heterocycles. The molecule has 5 rings (SSSR count). The van der Waals surface area contributed by atoms with Crippen molar-refractivity contribution in [2.45, 2.75) is 89.9 Å². The lowest BCUT2D eigenvalue weighted by molar-refractivity contribution is -0.136. The van der Waals surface area contributed by atoms with Gasteiger partial charge in [0.2, 0.25) is 23.6 Å². The van der Waals surface area contributed by atoms with E-state index < -0.39 is 47.7 Å². The summed E-state index contributed by atoms with van der Waals surface area (Å²) in [5.41, 5.74) is 2.76. The predicted octanol–water partition coefficient (Wildman–Crippen LogP) is 2.17. The monoisotopic (exact) mass is 685 g/mol. The fraction of sp³-hybridized carbons (Fsp3) is 0.459. The van der Waals surface area contributed by atoms with Gasteiger partial charge in [0.05, 0.1) is 30.8 Å². The number of nitrogens with one attached hydrogen (secondary N) is 5. The van der Waals surface area contributed by atoms with Gasteiger partial charge in [0.25, 0.3) is 5.91 Å². The number of carbonyl (C=O) groups excluding carboxylic acids is 5. The van der Waals surface area contributed by atoms with Gasteiger partial charge >= 0.3 is 0 Å². The van der Waals surface area contributed by atoms with Crippen molar-refractivity contribution in [3.05, 3.63) is 82.7 Å². The Morgan fingerprint density at radius 2 is 1.68 bits per heavy atom. The highest BCUT2D eigenvalue weighted by molar-refractivity contribution is 6.01. The molecule has 1 aliphatic heterocycles. The minimum Gasteiger partial charge on any atom is -0.493 e. The van der Waals surface area contributed by atoms with E-state index in [2.05, 4.69) is 31.7 Å². The molecule has 1 spiro atoms. The number of fused-ring (bicyclic) bond motifs is 1. The van der Waals surface area contributed by atoms with Crippen LogP contribution in [0.4, 0.5) is 0 Å². The Balaban J connectivity index is 1.39. The van der Waals surface area contributed by atoms with Crippen molar-refractivity contribution in [3.8, 4) is 5.75 Å². The summed E-state index contributed by atoms with van der Waals surface area (Å²) in [5.74, 6) is -2.22. The summed E-state index contributed by atoms with van der Waals surface area (Å²) < 4.78 is 7.73. The smallest absolute Gasteiger partial charge is 0.255 e. The Morgan fingerprint density at radius 1 is 0.960 bits per heavy atom. The zero-order valence-corrected chi connectivity index (χ0v) is 29.0. The fourth-order valence-corrected chi connectivity index (χ4v) is 6.47. The van der Waals surface area contributed by atoms with Gasteiger partial charge in [-0.2, -0.15) is 5.10 Å². The van der Waals surface area contributed by atoms with Crippen LogP contribution in [0, 0.1) is 20.8 Å². The maximum absolute atomic E-state index is 14.0. The molecule has 1 aliphatic carbocycles. The number of ether oxygens (including phenoxy) is 1. The maximum Gasteiger partial charge on any atom is 0.255 e. The molecular formula is C37H47N7O6. The van der Waals surface area contributed by atoms with Crippen molar-refractivity contribution in [2.75, 3.05) is 19.7 Å². The van der Waals surface area contributed by atoms with Crippen LogP contribution < -0.4 is 31.3 Å². The van der Waals surface area contributed by atoms with Gasteiger partial charge in [-0.1, -0.05) is 55.3 Å². The van der Waals surface area contributed by atoms with E-state index in [1.807, 2.05) is 51.1 Å². The Labute approximate surface area is 292 Å². The van der Waals surface area contributed by atoms with Gasteiger partial charge in [0.1, 0.15) is 23.4 Å². The minimum absolute atomic E-state index is 0.196. The Kier molecular flexibility index (Phi) is 11.9. The van der Waals surface area contributed by atoms with Crippen LogP contribution in [0.1, 0.15) is 71.4 Å². The average Bonchev–Trinajstić information content (AvgIpc) is 3.68. The van der Waals surface area contributed by atoms with E-state index in [4.69, 9.17) is 4.74 Å². The first-order chi connectivity index (χ1) is 24.1. The van der Waals surface area contributed by atoms with Gasteiger partial charge < -0.3 is 31.3 Å². The number of rotatable bonds is 6. The largest absolute Gasteiger partial charge is 0.493 e. The number of benzene rings is 2. The molecule has 1 fully saturated rings. The van der Waals surface area contributed by atoms with Gasteiger partial charge in [-0.3, -0.25) is 28.7 Å². The number of hydrogen-bond acceptors (Lipinski definition) is 7. The van der Waals surface area contributed by atoms with Gasteiger partial charge in [-0.05, 0) is 63.3 Å². The topological polar surface area (TPSA) is 173 Å². The van der Waals surface area contributed by atoms with E-state index in [0.29, 0.717) is 44.4 Å². The van der Waals surface area contributed by atoms with Crippen molar-refractivity contribution in [1.82, 2.24) is 36.4 Å². The summed E-state index contributed by atoms with van der Waals surface area (Å²) in [6, 6.07) is 13.9. The predicted molar refractivity (Wildman–Crippen MR) is 186 cm³/mol. The van der Waals surface area contributed by atoms with Crippen LogP contribution in [-0.4, -0.2) is 76.6 Å². The Morgan fingerprint density at radius 3 is 2.40 bits per heavy atom. The highest BCUT2D eigenvalue weighted by Crippen LogP contribution is 2.30. The molecule has 13 nitrogen and oxygen atoms in total. The zero-order chi connectivity index (χ0) is 35.7. The number of carbonyl (C=O) groups is 5. The molecular weight excluding hydrogens is 638 g/mol. The summed E-state index contributed by atoms with van der Waals surface area (Å²) in [5, 5.41) is 18.8. The molecule has 3 aromatic rings. The quantitative estimate of drug-likeness (QED) is 0.265. The van der Waals surface area contributed by atoms with Gasteiger partial charge in [-0.15, -0.1) is 0 Å². The minimum atomic E-state index is -1.27. The third kappa shape index (κ3) is 8.87. The van der Waals surface area contributed by atoms with Crippen LogP contribution in [0.25, 0.3) is 0 Å². The second kappa shape index (κ2) is 16.5. The molecule has 13 heteroatoms. The molecule has 2 heterocycles. The van der Waals surface area contributed by atoms with Crippen molar-refractivity contribution >= 4 is 29.5 Å². The SMILES string of the molecule is Cc1nn(CCNC(=O)[C@@H]2CC(=O)NC3(CCCC3)C(=O)N[C@@H](Cc3ccccc3)C(=O)NCCCOc3ccccc3C(=O)N2)c(C)c1C. The van der Waals surface area contributed by atoms with Crippen molar-refractivity contribution in [3.63, 3.8) is 0 Å². The Bertz CT molecular complexity index is 1700. The van der Waals surface area contributed by atoms with E-state index in [1.165, 1.54) is 0 Å². The fourth-order valence-electron chi connectivity index (χ4n) is 6.47. The highest BCUT2D eigenvalue weighted by atomic mass is 16.5. The van der Waals surface area contributed by atoms with Crippen molar-refractivity contribution < 1.29 is 28.7 Å².